The molecule has 0 aromatic heterocycles. The number of unbranched alkanes of at least 4 members (excludes halogenated alkanes) is 2. The predicted molar refractivity (Wildman–Crippen MR) is 157 cm³/mol. The smallest absolute Gasteiger partial charge is 0.335 e. The van der Waals surface area contributed by atoms with Gasteiger partial charge in [-0.1, -0.05) is 95.3 Å². The SMILES string of the molecule is C=CC(CCCC)CCCC.CCCC(O)CC(C)O.O=C(O)c1ccccc1.O=C(O)c1ccccc1. The molecule has 2 rings (SSSR count). The Hall–Kier alpha value is -2.96. The second-order valence-corrected chi connectivity index (χ2v) is 9.15. The minimum absolute atomic E-state index is 0.310. The topological polar surface area (TPSA) is 115 Å². The Morgan fingerprint density at radius 1 is 0.737 bits per heavy atom. The number of hydrogen-bond acceptors (Lipinski definition) is 4. The van der Waals surface area contributed by atoms with Crippen LogP contribution in [0, 0.1) is 5.92 Å². The summed E-state index contributed by atoms with van der Waals surface area (Å²) in [5.74, 6) is -0.971. The van der Waals surface area contributed by atoms with Crippen LogP contribution in [0.5, 0.6) is 0 Å². The summed E-state index contributed by atoms with van der Waals surface area (Å²) in [6, 6.07) is 16.6. The van der Waals surface area contributed by atoms with Gasteiger partial charge in [0.05, 0.1) is 23.3 Å². The van der Waals surface area contributed by atoms with Gasteiger partial charge in [0.25, 0.3) is 0 Å². The van der Waals surface area contributed by atoms with Crippen LogP contribution in [-0.4, -0.2) is 44.6 Å². The summed E-state index contributed by atoms with van der Waals surface area (Å²) >= 11 is 0. The van der Waals surface area contributed by atoms with Gasteiger partial charge in [0.15, 0.2) is 0 Å². The van der Waals surface area contributed by atoms with Crippen molar-refractivity contribution in [2.75, 3.05) is 0 Å². The number of carboxylic acid groups (broad SMARTS) is 2. The summed E-state index contributed by atoms with van der Waals surface area (Å²) in [4.78, 5) is 20.4. The van der Waals surface area contributed by atoms with Crippen LogP contribution in [0.1, 0.15) is 106 Å². The number of aromatic carboxylic acids is 2. The molecular formula is C32H50O6. The molecule has 2 aromatic carbocycles. The van der Waals surface area contributed by atoms with Crippen molar-refractivity contribution in [2.45, 2.75) is 97.7 Å². The normalized spacial score (nSPS) is 11.3. The van der Waals surface area contributed by atoms with Gasteiger partial charge in [0.1, 0.15) is 0 Å². The van der Waals surface area contributed by atoms with Crippen LogP contribution in [0.4, 0.5) is 0 Å². The molecule has 0 saturated carbocycles. The van der Waals surface area contributed by atoms with Crippen molar-refractivity contribution < 1.29 is 30.0 Å². The molecule has 0 spiro atoms. The van der Waals surface area contributed by atoms with Crippen molar-refractivity contribution in [1.82, 2.24) is 0 Å². The second-order valence-electron chi connectivity index (χ2n) is 9.15. The van der Waals surface area contributed by atoms with Crippen molar-refractivity contribution in [3.8, 4) is 0 Å². The van der Waals surface area contributed by atoms with E-state index in [1.54, 1.807) is 67.6 Å². The maximum Gasteiger partial charge on any atom is 0.335 e. The molecule has 0 saturated heterocycles. The van der Waals surface area contributed by atoms with Crippen LogP contribution in [0.25, 0.3) is 0 Å². The van der Waals surface area contributed by atoms with E-state index in [-0.39, 0.29) is 12.2 Å². The number of aliphatic hydroxyl groups is 2. The van der Waals surface area contributed by atoms with Crippen molar-refractivity contribution >= 4 is 11.9 Å². The highest BCUT2D eigenvalue weighted by atomic mass is 16.4. The third kappa shape index (κ3) is 23.4. The third-order valence-electron chi connectivity index (χ3n) is 5.47. The maximum atomic E-state index is 10.2. The summed E-state index contributed by atoms with van der Waals surface area (Å²) in [7, 11) is 0. The fourth-order valence-electron chi connectivity index (χ4n) is 3.32. The third-order valence-corrected chi connectivity index (χ3v) is 5.47. The van der Waals surface area contributed by atoms with Gasteiger partial charge in [0, 0.05) is 0 Å². The minimum Gasteiger partial charge on any atom is -0.478 e. The molecule has 6 nitrogen and oxygen atoms in total. The average molecular weight is 531 g/mol. The molecule has 2 aromatic rings. The summed E-state index contributed by atoms with van der Waals surface area (Å²) in [6.07, 6.45) is 11.8. The zero-order valence-electron chi connectivity index (χ0n) is 23.8. The van der Waals surface area contributed by atoms with Crippen molar-refractivity contribution in [2.24, 2.45) is 5.92 Å². The molecule has 214 valence electrons. The lowest BCUT2D eigenvalue weighted by molar-refractivity contribution is 0.0686. The van der Waals surface area contributed by atoms with E-state index in [4.69, 9.17) is 20.4 Å². The first-order chi connectivity index (χ1) is 18.1. The van der Waals surface area contributed by atoms with Gasteiger partial charge < -0.3 is 20.4 Å². The van der Waals surface area contributed by atoms with Gasteiger partial charge in [-0.3, -0.25) is 0 Å². The quantitative estimate of drug-likeness (QED) is 0.196. The van der Waals surface area contributed by atoms with E-state index in [0.717, 1.165) is 18.8 Å². The van der Waals surface area contributed by atoms with Gasteiger partial charge in [0.2, 0.25) is 0 Å². The van der Waals surface area contributed by atoms with E-state index < -0.39 is 11.9 Å². The first-order valence-electron chi connectivity index (χ1n) is 13.7. The molecule has 2 atom stereocenters. The molecule has 0 radical (unpaired) electrons. The fraction of sp³-hybridized carbons (Fsp3) is 0.500. The lowest BCUT2D eigenvalue weighted by Crippen LogP contribution is -2.13. The predicted octanol–water partition coefficient (Wildman–Crippen LogP) is 7.86. The standard InChI is InChI=1S/C11H22.2C7H6O2.C7H16O2/c1-4-7-9-11(6-3)10-8-5-2;2*8-7(9)6-4-2-1-3-5-6;1-3-4-7(9)5-6(2)8/h6,11H,3-5,7-10H2,1-2H3;2*1-5H,(H,8,9);6-9H,3-5H2,1-2H3. The van der Waals surface area contributed by atoms with Crippen molar-refractivity contribution in [3.05, 3.63) is 84.4 Å². The number of allylic oxidation sites excluding steroid dienone is 1. The molecule has 6 heteroatoms. The van der Waals surface area contributed by atoms with Crippen LogP contribution >= 0.6 is 0 Å². The van der Waals surface area contributed by atoms with Crippen LogP contribution in [-0.2, 0) is 0 Å². The lowest BCUT2D eigenvalue weighted by Gasteiger charge is -2.09. The van der Waals surface area contributed by atoms with Crippen molar-refractivity contribution in [3.63, 3.8) is 0 Å². The zero-order chi connectivity index (χ0) is 29.2. The molecule has 0 amide bonds. The number of carboxylic acids is 2. The highest BCUT2D eigenvalue weighted by Gasteiger charge is 2.05. The number of aliphatic hydroxyl groups excluding tert-OH is 2. The van der Waals surface area contributed by atoms with Gasteiger partial charge in [-0.15, -0.1) is 6.58 Å². The van der Waals surface area contributed by atoms with Crippen LogP contribution < -0.4 is 0 Å². The minimum atomic E-state index is -0.879. The molecular weight excluding hydrogens is 480 g/mol. The van der Waals surface area contributed by atoms with Crippen LogP contribution in [0.15, 0.2) is 73.3 Å². The van der Waals surface area contributed by atoms with Crippen molar-refractivity contribution in [1.29, 1.82) is 0 Å². The van der Waals surface area contributed by atoms with E-state index in [2.05, 4.69) is 26.5 Å². The van der Waals surface area contributed by atoms with Gasteiger partial charge in [-0.2, -0.15) is 0 Å². The fourth-order valence-corrected chi connectivity index (χ4v) is 3.32. The van der Waals surface area contributed by atoms with E-state index in [1.807, 2.05) is 6.92 Å². The Balaban J connectivity index is 0. The van der Waals surface area contributed by atoms with E-state index in [9.17, 15) is 9.59 Å². The molecule has 0 aliphatic rings. The largest absolute Gasteiger partial charge is 0.478 e. The molecule has 0 aliphatic carbocycles. The molecule has 2 unspecified atom stereocenters. The summed E-state index contributed by atoms with van der Waals surface area (Å²) in [5, 5.41) is 34.6. The molecule has 0 fully saturated rings. The zero-order valence-corrected chi connectivity index (χ0v) is 23.8. The number of hydrogen-bond donors (Lipinski definition) is 4. The highest BCUT2D eigenvalue weighted by Crippen LogP contribution is 2.16. The Morgan fingerprint density at radius 2 is 1.13 bits per heavy atom. The molecule has 0 aliphatic heterocycles. The van der Waals surface area contributed by atoms with Crippen LogP contribution in [0.2, 0.25) is 0 Å². The van der Waals surface area contributed by atoms with Gasteiger partial charge >= 0.3 is 11.9 Å². The monoisotopic (exact) mass is 530 g/mol. The van der Waals surface area contributed by atoms with E-state index >= 15 is 0 Å². The Labute approximate surface area is 230 Å². The summed E-state index contributed by atoms with van der Waals surface area (Å²) < 4.78 is 0. The Bertz CT molecular complexity index is 763. The Morgan fingerprint density at radius 3 is 1.37 bits per heavy atom. The molecule has 4 N–H and O–H groups in total. The highest BCUT2D eigenvalue weighted by molar-refractivity contribution is 5.87. The van der Waals surface area contributed by atoms with E-state index in [0.29, 0.717) is 17.5 Å². The summed E-state index contributed by atoms with van der Waals surface area (Å²) in [5.41, 5.74) is 0.662. The summed E-state index contributed by atoms with van der Waals surface area (Å²) in [6.45, 7) is 12.1. The first-order valence-corrected chi connectivity index (χ1v) is 13.7. The molecule has 0 bridgehead atoms. The molecule has 0 heterocycles. The lowest BCUT2D eigenvalue weighted by atomic mass is 9.96. The number of carbonyl (C=O) groups is 2. The Kier molecular flexibility index (Phi) is 25.1. The molecule has 38 heavy (non-hydrogen) atoms. The second kappa shape index (κ2) is 25.7. The average Bonchev–Trinajstić information content (AvgIpc) is 2.90. The van der Waals surface area contributed by atoms with Gasteiger partial charge in [-0.05, 0) is 62.8 Å². The van der Waals surface area contributed by atoms with Crippen LogP contribution in [0.3, 0.4) is 0 Å². The number of rotatable bonds is 13. The van der Waals surface area contributed by atoms with E-state index in [1.165, 1.54) is 38.5 Å². The first kappa shape index (κ1) is 37.2. The number of benzene rings is 2. The maximum absolute atomic E-state index is 10.2. The van der Waals surface area contributed by atoms with Gasteiger partial charge in [-0.25, -0.2) is 9.59 Å².